The van der Waals surface area contributed by atoms with E-state index in [0.717, 1.165) is 24.7 Å². The van der Waals surface area contributed by atoms with Crippen molar-refractivity contribution in [2.45, 2.75) is 71.4 Å². The maximum atomic E-state index is 8.97. The Morgan fingerprint density at radius 3 is 2.25 bits per heavy atom. The van der Waals surface area contributed by atoms with Gasteiger partial charge in [0.05, 0.1) is 0 Å². The van der Waals surface area contributed by atoms with Gasteiger partial charge in [-0.2, -0.15) is 0 Å². The Labute approximate surface area is 101 Å². The van der Waals surface area contributed by atoms with E-state index in [1.54, 1.807) is 0 Å². The lowest BCUT2D eigenvalue weighted by Crippen LogP contribution is -2.41. The van der Waals surface area contributed by atoms with Crippen molar-refractivity contribution < 1.29 is 5.11 Å². The average molecular weight is 227 g/mol. The van der Waals surface area contributed by atoms with Crippen LogP contribution in [0.5, 0.6) is 0 Å². The fourth-order valence-corrected chi connectivity index (χ4v) is 2.85. The summed E-state index contributed by atoms with van der Waals surface area (Å²) in [4.78, 5) is 0. The first-order chi connectivity index (χ1) is 7.67. The molecule has 0 aromatic heterocycles. The second kappa shape index (κ2) is 7.29. The molecule has 1 rings (SSSR count). The van der Waals surface area contributed by atoms with Gasteiger partial charge in [0.2, 0.25) is 0 Å². The smallest absolute Gasteiger partial charge is 0.0445 e. The Bertz CT molecular complexity index is 174. The molecule has 1 fully saturated rings. The highest BCUT2D eigenvalue weighted by molar-refractivity contribution is 4.81. The third-order valence-corrected chi connectivity index (χ3v) is 4.16. The lowest BCUT2D eigenvalue weighted by atomic mass is 9.79. The molecular weight excluding hydrogens is 198 g/mol. The van der Waals surface area contributed by atoms with Crippen molar-refractivity contribution in [2.24, 2.45) is 11.8 Å². The zero-order chi connectivity index (χ0) is 12.0. The summed E-state index contributed by atoms with van der Waals surface area (Å²) in [6, 6.07) is 1.22. The second-order valence-electron chi connectivity index (χ2n) is 5.64. The van der Waals surface area contributed by atoms with E-state index in [2.05, 4.69) is 26.1 Å². The highest BCUT2D eigenvalue weighted by Crippen LogP contribution is 2.30. The molecule has 0 aromatic rings. The van der Waals surface area contributed by atoms with Crippen LogP contribution in [0.4, 0.5) is 0 Å². The van der Waals surface area contributed by atoms with Gasteiger partial charge in [0.15, 0.2) is 0 Å². The molecule has 1 aliphatic rings. The van der Waals surface area contributed by atoms with E-state index in [-0.39, 0.29) is 0 Å². The molecule has 0 amide bonds. The molecule has 96 valence electrons. The van der Waals surface area contributed by atoms with Crippen LogP contribution >= 0.6 is 0 Å². The van der Waals surface area contributed by atoms with E-state index >= 15 is 0 Å². The first-order valence-corrected chi connectivity index (χ1v) is 7.04. The van der Waals surface area contributed by atoms with Crippen LogP contribution in [0.15, 0.2) is 0 Å². The molecule has 16 heavy (non-hydrogen) atoms. The van der Waals surface area contributed by atoms with Gasteiger partial charge in [-0.25, -0.2) is 0 Å². The summed E-state index contributed by atoms with van der Waals surface area (Å²) in [5.74, 6) is 1.79. The SMILES string of the molecule is CCC(CCO)NC1CCC(C(C)C)CC1. The molecule has 0 spiro atoms. The predicted molar refractivity (Wildman–Crippen MR) is 69.5 cm³/mol. The normalized spacial score (nSPS) is 28.3. The quantitative estimate of drug-likeness (QED) is 0.731. The molecule has 0 bridgehead atoms. The predicted octanol–water partition coefficient (Wildman–Crippen LogP) is 2.95. The molecule has 1 saturated carbocycles. The summed E-state index contributed by atoms with van der Waals surface area (Å²) < 4.78 is 0. The van der Waals surface area contributed by atoms with Crippen LogP contribution in [-0.4, -0.2) is 23.8 Å². The Morgan fingerprint density at radius 2 is 1.81 bits per heavy atom. The van der Waals surface area contributed by atoms with E-state index in [4.69, 9.17) is 5.11 Å². The van der Waals surface area contributed by atoms with Gasteiger partial charge < -0.3 is 10.4 Å². The van der Waals surface area contributed by atoms with E-state index < -0.39 is 0 Å². The Kier molecular flexibility index (Phi) is 6.37. The lowest BCUT2D eigenvalue weighted by Gasteiger charge is -2.33. The minimum absolute atomic E-state index is 0.312. The van der Waals surface area contributed by atoms with E-state index in [0.29, 0.717) is 18.7 Å². The standard InChI is InChI=1S/C14H29NO/c1-4-13(9-10-16)15-14-7-5-12(6-8-14)11(2)3/h11-16H,4-10H2,1-3H3. The topological polar surface area (TPSA) is 32.3 Å². The summed E-state index contributed by atoms with van der Waals surface area (Å²) in [5.41, 5.74) is 0. The fourth-order valence-electron chi connectivity index (χ4n) is 2.85. The molecule has 2 N–H and O–H groups in total. The summed E-state index contributed by atoms with van der Waals surface area (Å²) in [5, 5.41) is 12.7. The molecule has 1 atom stereocenters. The summed E-state index contributed by atoms with van der Waals surface area (Å²) in [6.45, 7) is 7.21. The van der Waals surface area contributed by atoms with Gasteiger partial charge in [-0.15, -0.1) is 0 Å². The van der Waals surface area contributed by atoms with Gasteiger partial charge >= 0.3 is 0 Å². The van der Waals surface area contributed by atoms with Gasteiger partial charge in [0.1, 0.15) is 0 Å². The average Bonchev–Trinajstić information content (AvgIpc) is 2.29. The lowest BCUT2D eigenvalue weighted by molar-refractivity contribution is 0.210. The van der Waals surface area contributed by atoms with Crippen molar-refractivity contribution in [3.63, 3.8) is 0 Å². The summed E-state index contributed by atoms with van der Waals surface area (Å²) in [6.07, 6.45) is 7.44. The number of aliphatic hydroxyl groups excluding tert-OH is 1. The zero-order valence-corrected chi connectivity index (χ0v) is 11.2. The maximum Gasteiger partial charge on any atom is 0.0445 e. The number of aliphatic hydroxyl groups is 1. The van der Waals surface area contributed by atoms with Crippen LogP contribution in [0, 0.1) is 11.8 Å². The Hall–Kier alpha value is -0.0800. The van der Waals surface area contributed by atoms with Crippen molar-refractivity contribution >= 4 is 0 Å². The van der Waals surface area contributed by atoms with E-state index in [9.17, 15) is 0 Å². The van der Waals surface area contributed by atoms with E-state index in [1.807, 2.05) is 0 Å². The third-order valence-electron chi connectivity index (χ3n) is 4.16. The Balaban J connectivity index is 2.25. The number of nitrogens with one attached hydrogen (secondary N) is 1. The third kappa shape index (κ3) is 4.42. The molecule has 0 aliphatic heterocycles. The van der Waals surface area contributed by atoms with Crippen molar-refractivity contribution in [1.82, 2.24) is 5.32 Å². The monoisotopic (exact) mass is 227 g/mol. The minimum atomic E-state index is 0.312. The second-order valence-corrected chi connectivity index (χ2v) is 5.64. The summed E-state index contributed by atoms with van der Waals surface area (Å²) in [7, 11) is 0. The van der Waals surface area contributed by atoms with Gasteiger partial charge in [0, 0.05) is 18.7 Å². The first-order valence-electron chi connectivity index (χ1n) is 7.04. The molecule has 1 aliphatic carbocycles. The van der Waals surface area contributed by atoms with Gasteiger partial charge in [-0.05, 0) is 50.4 Å². The molecule has 0 radical (unpaired) electrons. The minimum Gasteiger partial charge on any atom is -0.396 e. The van der Waals surface area contributed by atoms with Crippen LogP contribution in [-0.2, 0) is 0 Å². The number of rotatable bonds is 6. The Morgan fingerprint density at radius 1 is 1.19 bits per heavy atom. The summed E-state index contributed by atoms with van der Waals surface area (Å²) >= 11 is 0. The van der Waals surface area contributed by atoms with Crippen molar-refractivity contribution in [2.75, 3.05) is 6.61 Å². The molecule has 2 nitrogen and oxygen atoms in total. The van der Waals surface area contributed by atoms with Gasteiger partial charge in [-0.3, -0.25) is 0 Å². The van der Waals surface area contributed by atoms with Crippen molar-refractivity contribution in [3.05, 3.63) is 0 Å². The number of hydrogen-bond acceptors (Lipinski definition) is 2. The van der Waals surface area contributed by atoms with Crippen LogP contribution in [0.2, 0.25) is 0 Å². The fraction of sp³-hybridized carbons (Fsp3) is 1.00. The van der Waals surface area contributed by atoms with E-state index in [1.165, 1.54) is 25.7 Å². The molecule has 0 aromatic carbocycles. The van der Waals surface area contributed by atoms with Crippen LogP contribution in [0.25, 0.3) is 0 Å². The van der Waals surface area contributed by atoms with Crippen LogP contribution < -0.4 is 5.32 Å². The zero-order valence-electron chi connectivity index (χ0n) is 11.2. The first kappa shape index (κ1) is 14.0. The van der Waals surface area contributed by atoms with Crippen molar-refractivity contribution in [3.8, 4) is 0 Å². The van der Waals surface area contributed by atoms with Crippen LogP contribution in [0.3, 0.4) is 0 Å². The maximum absolute atomic E-state index is 8.97. The molecule has 1 unspecified atom stereocenters. The van der Waals surface area contributed by atoms with Gasteiger partial charge in [0.25, 0.3) is 0 Å². The van der Waals surface area contributed by atoms with Crippen LogP contribution in [0.1, 0.15) is 59.3 Å². The highest BCUT2D eigenvalue weighted by atomic mass is 16.3. The molecule has 2 heteroatoms. The van der Waals surface area contributed by atoms with Gasteiger partial charge in [-0.1, -0.05) is 20.8 Å². The highest BCUT2D eigenvalue weighted by Gasteiger charge is 2.24. The largest absolute Gasteiger partial charge is 0.396 e. The molecule has 0 saturated heterocycles. The van der Waals surface area contributed by atoms with Crippen molar-refractivity contribution in [1.29, 1.82) is 0 Å². The molecule has 0 heterocycles. The molecular formula is C14H29NO. The number of hydrogen-bond donors (Lipinski definition) is 2.